The Balaban J connectivity index is 0.000000150. The molecule has 17 heteroatoms. The molecule has 2 aliphatic heterocycles. The molecule has 1 N–H and O–H groups in total. The fourth-order valence-electron chi connectivity index (χ4n) is 11.0. The summed E-state index contributed by atoms with van der Waals surface area (Å²) < 4.78 is 48.8. The molecule has 0 radical (unpaired) electrons. The lowest BCUT2D eigenvalue weighted by Gasteiger charge is -2.35. The highest BCUT2D eigenvalue weighted by atomic mass is 19.1. The third-order valence-corrected chi connectivity index (χ3v) is 14.6. The summed E-state index contributed by atoms with van der Waals surface area (Å²) in [5.74, 6) is 0.301. The second kappa shape index (κ2) is 14.8. The molecule has 2 aliphatic carbocycles. The van der Waals surface area contributed by atoms with Crippen molar-refractivity contribution in [1.29, 1.82) is 0 Å². The average Bonchev–Trinajstić information content (AvgIpc) is 3.70. The molecule has 0 bridgehead atoms. The van der Waals surface area contributed by atoms with Gasteiger partial charge in [-0.2, -0.15) is 10.2 Å². The van der Waals surface area contributed by atoms with E-state index in [1.165, 1.54) is 56.5 Å². The van der Waals surface area contributed by atoms with Crippen molar-refractivity contribution in [3.63, 3.8) is 0 Å². The molecule has 7 heterocycles. The number of carbonyl (C=O) groups excluding carboxylic acids is 1. The van der Waals surface area contributed by atoms with E-state index in [2.05, 4.69) is 64.8 Å². The van der Waals surface area contributed by atoms with Gasteiger partial charge in [-0.05, 0) is 132 Å². The van der Waals surface area contributed by atoms with Crippen LogP contribution in [-0.2, 0) is 35.1 Å². The van der Waals surface area contributed by atoms with Gasteiger partial charge in [-0.1, -0.05) is 11.2 Å². The van der Waals surface area contributed by atoms with Crippen molar-refractivity contribution in [2.75, 3.05) is 13.2 Å². The number of nitrogens with one attached hydrogen (secondary N) is 1. The lowest BCUT2D eigenvalue weighted by molar-refractivity contribution is -0.118. The van der Waals surface area contributed by atoms with E-state index in [9.17, 15) is 18.8 Å². The first-order valence-corrected chi connectivity index (χ1v) is 22.4. The van der Waals surface area contributed by atoms with Crippen LogP contribution in [-0.4, -0.2) is 73.5 Å². The number of hydrogen-bond acceptors (Lipinski definition) is 8. The number of halogens is 2. The zero-order valence-electron chi connectivity index (χ0n) is 37.7. The molecule has 1 unspecified atom stereocenters. The van der Waals surface area contributed by atoms with Crippen molar-refractivity contribution >= 4 is 28.2 Å². The van der Waals surface area contributed by atoms with E-state index in [1.54, 1.807) is 65.6 Å². The fraction of sp³-hybridized carbons (Fsp3) is 0.388. The molecular weight excluding hydrogens is 847 g/mol. The predicted octanol–water partition coefficient (Wildman–Crippen LogP) is 7.34. The summed E-state index contributed by atoms with van der Waals surface area (Å²) in [6.07, 6.45) is 11.2. The first-order valence-electron chi connectivity index (χ1n) is 22.4. The first kappa shape index (κ1) is 41.8. The highest BCUT2D eigenvalue weighted by Gasteiger charge is 2.78. The van der Waals surface area contributed by atoms with Gasteiger partial charge in [0.1, 0.15) is 17.2 Å². The van der Waals surface area contributed by atoms with E-state index >= 15 is 4.39 Å². The first-order chi connectivity index (χ1) is 31.6. The number of hydrogen-bond donors (Lipinski definition) is 1. The number of amides is 1. The van der Waals surface area contributed by atoms with Crippen LogP contribution in [0.15, 0.2) is 81.2 Å². The van der Waals surface area contributed by atoms with E-state index in [0.717, 1.165) is 38.0 Å². The molecule has 1 amide bonds. The van der Waals surface area contributed by atoms with E-state index in [-0.39, 0.29) is 34.6 Å². The van der Waals surface area contributed by atoms with Gasteiger partial charge in [0.25, 0.3) is 0 Å². The van der Waals surface area contributed by atoms with Crippen LogP contribution in [0.25, 0.3) is 39.0 Å². The third-order valence-electron chi connectivity index (χ3n) is 14.6. The maximum absolute atomic E-state index is 15.4. The molecule has 1 saturated heterocycles. The van der Waals surface area contributed by atoms with Crippen molar-refractivity contribution < 1.29 is 22.8 Å². The van der Waals surface area contributed by atoms with Crippen LogP contribution in [0.3, 0.4) is 0 Å². The van der Waals surface area contributed by atoms with Gasteiger partial charge >= 0.3 is 11.4 Å². The van der Waals surface area contributed by atoms with Crippen molar-refractivity contribution in [2.24, 2.45) is 12.5 Å². The van der Waals surface area contributed by atoms with Gasteiger partial charge in [0, 0.05) is 66.6 Å². The van der Waals surface area contributed by atoms with Gasteiger partial charge in [-0.3, -0.25) is 28.1 Å². The maximum atomic E-state index is 15.4. The molecule has 340 valence electrons. The second-order valence-corrected chi connectivity index (χ2v) is 19.3. The molecule has 1 spiro atoms. The summed E-state index contributed by atoms with van der Waals surface area (Å²) in [5.41, 5.74) is 6.83. The number of imidazole rings is 1. The zero-order chi connectivity index (χ0) is 46.0. The Bertz CT molecular complexity index is 3370. The summed E-state index contributed by atoms with van der Waals surface area (Å²) >= 11 is 0. The van der Waals surface area contributed by atoms with Crippen molar-refractivity contribution in [3.8, 4) is 17.2 Å². The highest BCUT2D eigenvalue weighted by Crippen LogP contribution is 2.79. The molecule has 12 rings (SSSR count). The van der Waals surface area contributed by atoms with Crippen LogP contribution in [0.1, 0.15) is 91.3 Å². The number of aryl methyl sites for hydroxylation is 4. The van der Waals surface area contributed by atoms with Crippen LogP contribution in [0.5, 0.6) is 0 Å². The Morgan fingerprint density at radius 1 is 0.939 bits per heavy atom. The smallest absolute Gasteiger partial charge is 0.376 e. The van der Waals surface area contributed by atoms with Crippen LogP contribution in [0, 0.1) is 37.8 Å². The molecule has 5 aromatic heterocycles. The van der Waals surface area contributed by atoms with Gasteiger partial charge < -0.3 is 14.2 Å². The summed E-state index contributed by atoms with van der Waals surface area (Å²) in [7, 11) is 1.72. The third kappa shape index (κ3) is 6.44. The zero-order valence-corrected chi connectivity index (χ0v) is 37.7. The molecule has 8 aromatic rings. The SMILES string of the molecule is Cc1cc(-n2nc3c(c2-n2ccn(-c4ccc5c(cnn5C)c4F)c2=O)CN(C=O)CC3)cc(C)c1F.Cc1cc2cc(C3CCOC(C)(C)C3)ccc2n1[C@@]1(c2noc(=O)[nH]2)CC12CC2. The number of carbonyl (C=O) groups is 1. The summed E-state index contributed by atoms with van der Waals surface area (Å²) in [6, 6.07) is 15.8. The number of H-pyrrole nitrogens is 1. The monoisotopic (exact) mass is 896 g/mol. The number of ether oxygens (including phenoxy) is 1. The largest absolute Gasteiger partial charge is 0.438 e. The second-order valence-electron chi connectivity index (χ2n) is 19.3. The Kier molecular flexibility index (Phi) is 9.39. The minimum absolute atomic E-state index is 0.0605. The molecular formula is C49H50F2N10O5. The van der Waals surface area contributed by atoms with Crippen LogP contribution in [0.2, 0.25) is 0 Å². The van der Waals surface area contributed by atoms with Crippen LogP contribution >= 0.6 is 0 Å². The molecule has 15 nitrogen and oxygen atoms in total. The minimum atomic E-state index is -0.557. The van der Waals surface area contributed by atoms with Crippen LogP contribution in [0.4, 0.5) is 8.78 Å². The van der Waals surface area contributed by atoms with E-state index < -0.39 is 17.3 Å². The quantitative estimate of drug-likeness (QED) is 0.163. The number of fused-ring (bicyclic) bond motifs is 3. The molecule has 3 aromatic carbocycles. The standard InChI is InChI=1S/C26H23F2N7O2.C23H27N3O3/c1-15-10-17(11-16(2)23(15)27)35-25(19-13-32(14-36)7-6-20(19)30-35)34-9-8-33(26(34)37)22-5-4-21-18(24(22)28)12-29-31(21)3;1-14-10-17-11-15(16-6-9-28-21(2,3)12-16)4-5-18(17)26(14)23(13-22(23)7-8-22)19-24-20(27)29-25-19/h4-5,8-12,14H,6-7,13H2,1-3H3;4-5,10-11,16H,6-9,12-13H2,1-3H3,(H,24,25,27)/t;16?,23-/m.1/s1. The van der Waals surface area contributed by atoms with Gasteiger partial charge in [-0.15, -0.1) is 0 Å². The summed E-state index contributed by atoms with van der Waals surface area (Å²) in [6.45, 7) is 11.5. The average molecular weight is 897 g/mol. The maximum Gasteiger partial charge on any atom is 0.438 e. The van der Waals surface area contributed by atoms with Gasteiger partial charge in [0.15, 0.2) is 11.6 Å². The minimum Gasteiger partial charge on any atom is -0.376 e. The highest BCUT2D eigenvalue weighted by molar-refractivity contribution is 5.84. The van der Waals surface area contributed by atoms with E-state index in [0.29, 0.717) is 63.8 Å². The topological polar surface area (TPSA) is 156 Å². The number of rotatable bonds is 7. The van der Waals surface area contributed by atoms with Crippen molar-refractivity contribution in [1.82, 2.24) is 48.3 Å². The van der Waals surface area contributed by atoms with Crippen molar-refractivity contribution in [2.45, 2.75) is 96.7 Å². The van der Waals surface area contributed by atoms with Crippen LogP contribution < -0.4 is 11.4 Å². The lowest BCUT2D eigenvalue weighted by atomic mass is 9.83. The Morgan fingerprint density at radius 3 is 2.39 bits per heavy atom. The number of benzene rings is 3. The Morgan fingerprint density at radius 2 is 1.70 bits per heavy atom. The number of nitrogens with zero attached hydrogens (tertiary/aromatic N) is 9. The molecule has 2 atom stereocenters. The van der Waals surface area contributed by atoms with E-state index in [4.69, 9.17) is 14.4 Å². The Hall–Kier alpha value is -6.88. The fourth-order valence-corrected chi connectivity index (χ4v) is 11.0. The summed E-state index contributed by atoms with van der Waals surface area (Å²) in [4.78, 5) is 41.4. The molecule has 3 fully saturated rings. The molecule has 66 heavy (non-hydrogen) atoms. The van der Waals surface area contributed by atoms with Gasteiger partial charge in [0.2, 0.25) is 6.41 Å². The Labute approximate surface area is 377 Å². The molecule has 2 saturated carbocycles. The van der Waals surface area contributed by atoms with E-state index in [1.807, 2.05) is 0 Å². The normalized spacial score (nSPS) is 20.4. The van der Waals surface area contributed by atoms with Crippen molar-refractivity contribution in [3.05, 3.63) is 139 Å². The predicted molar refractivity (Wildman–Crippen MR) is 241 cm³/mol. The lowest BCUT2D eigenvalue weighted by Crippen LogP contribution is -2.32. The van der Waals surface area contributed by atoms with Gasteiger partial charge in [0.05, 0.1) is 46.3 Å². The van der Waals surface area contributed by atoms with Gasteiger partial charge in [-0.25, -0.2) is 23.1 Å². The number of aromatic nitrogens is 9. The molecule has 4 aliphatic rings. The number of aromatic amines is 1. The summed E-state index contributed by atoms with van der Waals surface area (Å²) in [5, 5.41) is 14.5.